The third kappa shape index (κ3) is 5.70. The number of nitrogens with zero attached hydrogens (tertiary/aromatic N) is 2. The maximum atomic E-state index is 12.3. The predicted molar refractivity (Wildman–Crippen MR) is 115 cm³/mol. The van der Waals surface area contributed by atoms with Crippen LogP contribution in [0.4, 0.5) is 5.69 Å². The highest BCUT2D eigenvalue weighted by Crippen LogP contribution is 2.21. The van der Waals surface area contributed by atoms with E-state index in [9.17, 15) is 9.90 Å². The lowest BCUT2D eigenvalue weighted by Gasteiger charge is -2.19. The zero-order chi connectivity index (χ0) is 18.4. The van der Waals surface area contributed by atoms with Crippen molar-refractivity contribution >= 4 is 41.5 Å². The minimum atomic E-state index is -0.800. The van der Waals surface area contributed by atoms with E-state index in [1.54, 1.807) is 17.0 Å². The van der Waals surface area contributed by atoms with Crippen LogP contribution in [-0.2, 0) is 4.79 Å². The summed E-state index contributed by atoms with van der Waals surface area (Å²) in [6.07, 6.45) is 1.13. The van der Waals surface area contributed by atoms with Crippen LogP contribution in [0, 0.1) is 0 Å². The van der Waals surface area contributed by atoms with Crippen molar-refractivity contribution in [3.05, 3.63) is 54.5 Å². The summed E-state index contributed by atoms with van der Waals surface area (Å²) in [4.78, 5) is 18.5. The summed E-state index contributed by atoms with van der Waals surface area (Å²) in [5.74, 6) is 1.14. The summed E-state index contributed by atoms with van der Waals surface area (Å²) < 4.78 is 5.19. The van der Waals surface area contributed by atoms with Crippen LogP contribution in [0.2, 0.25) is 0 Å². The number of furan rings is 1. The Morgan fingerprint density at radius 3 is 2.78 bits per heavy atom. The lowest BCUT2D eigenvalue weighted by molar-refractivity contribution is -0.117. The first-order chi connectivity index (χ1) is 12.7. The molecule has 0 saturated carbocycles. The molecule has 1 aliphatic heterocycles. The van der Waals surface area contributed by atoms with Gasteiger partial charge in [0, 0.05) is 25.2 Å². The number of carbonyl (C=O) groups is 1. The normalized spacial score (nSPS) is 18.1. The Hall–Kier alpha value is -2.07. The molecule has 0 spiro atoms. The first kappa shape index (κ1) is 21.2. The number of amides is 1. The largest absolute Gasteiger partial charge is 0.467 e. The molecule has 7 nitrogen and oxygen atoms in total. The molecule has 146 valence electrons. The van der Waals surface area contributed by atoms with Gasteiger partial charge >= 0.3 is 0 Å². The van der Waals surface area contributed by atoms with E-state index >= 15 is 0 Å². The van der Waals surface area contributed by atoms with Gasteiger partial charge in [0.2, 0.25) is 5.91 Å². The van der Waals surface area contributed by atoms with Gasteiger partial charge in [0.05, 0.1) is 18.8 Å². The second-order valence-corrected chi connectivity index (χ2v) is 6.14. The summed E-state index contributed by atoms with van der Waals surface area (Å²) in [6.45, 7) is 3.40. The SMILES string of the molecule is CCNC(=NCC(O)c1ccco1)NC1CC(=O)N(c2ccccc2)C1.I. The fourth-order valence-electron chi connectivity index (χ4n) is 2.92. The van der Waals surface area contributed by atoms with Crippen molar-refractivity contribution in [2.45, 2.75) is 25.5 Å². The molecule has 27 heavy (non-hydrogen) atoms. The molecule has 1 aromatic carbocycles. The molecule has 1 aromatic heterocycles. The number of aliphatic imine (C=N–C) groups is 1. The van der Waals surface area contributed by atoms with Crippen LogP contribution in [0.3, 0.4) is 0 Å². The second kappa shape index (κ2) is 10.3. The van der Waals surface area contributed by atoms with Gasteiger partial charge in [-0.3, -0.25) is 9.79 Å². The molecule has 3 rings (SSSR count). The highest BCUT2D eigenvalue weighted by molar-refractivity contribution is 14.0. The lowest BCUT2D eigenvalue weighted by Crippen LogP contribution is -2.44. The number of carbonyl (C=O) groups excluding carboxylic acids is 1. The third-order valence-corrected chi connectivity index (χ3v) is 4.17. The molecule has 1 saturated heterocycles. The van der Waals surface area contributed by atoms with Crippen LogP contribution in [0.5, 0.6) is 0 Å². The highest BCUT2D eigenvalue weighted by atomic mass is 127. The minimum absolute atomic E-state index is 0. The minimum Gasteiger partial charge on any atom is -0.467 e. The Bertz CT molecular complexity index is 737. The van der Waals surface area contributed by atoms with Crippen molar-refractivity contribution in [3.63, 3.8) is 0 Å². The quantitative estimate of drug-likeness (QED) is 0.333. The average Bonchev–Trinajstić information content (AvgIpc) is 3.30. The van der Waals surface area contributed by atoms with E-state index in [0.717, 1.165) is 5.69 Å². The van der Waals surface area contributed by atoms with E-state index in [-0.39, 0.29) is 42.5 Å². The number of benzene rings is 1. The summed E-state index contributed by atoms with van der Waals surface area (Å²) in [5.41, 5.74) is 0.900. The Morgan fingerprint density at radius 2 is 2.11 bits per heavy atom. The zero-order valence-corrected chi connectivity index (χ0v) is 17.5. The van der Waals surface area contributed by atoms with Crippen LogP contribution >= 0.6 is 24.0 Å². The Morgan fingerprint density at radius 1 is 1.33 bits per heavy atom. The van der Waals surface area contributed by atoms with Crippen LogP contribution in [0.25, 0.3) is 0 Å². The second-order valence-electron chi connectivity index (χ2n) is 6.14. The number of hydrogen-bond donors (Lipinski definition) is 3. The molecule has 0 bridgehead atoms. The maximum absolute atomic E-state index is 12.3. The van der Waals surface area contributed by atoms with Crippen LogP contribution in [0.1, 0.15) is 25.2 Å². The van der Waals surface area contributed by atoms with Crippen LogP contribution < -0.4 is 15.5 Å². The van der Waals surface area contributed by atoms with Crippen molar-refractivity contribution in [2.24, 2.45) is 4.99 Å². The van der Waals surface area contributed by atoms with E-state index in [0.29, 0.717) is 31.2 Å². The highest BCUT2D eigenvalue weighted by Gasteiger charge is 2.31. The number of nitrogens with one attached hydrogen (secondary N) is 2. The molecule has 3 N–H and O–H groups in total. The number of hydrogen-bond acceptors (Lipinski definition) is 4. The van der Waals surface area contributed by atoms with Gasteiger partial charge in [-0.2, -0.15) is 0 Å². The molecule has 0 radical (unpaired) electrons. The van der Waals surface area contributed by atoms with Gasteiger partial charge in [-0.1, -0.05) is 18.2 Å². The number of halogens is 1. The molecule has 2 atom stereocenters. The predicted octanol–water partition coefficient (Wildman–Crippen LogP) is 2.29. The van der Waals surface area contributed by atoms with Crippen molar-refractivity contribution in [1.29, 1.82) is 0 Å². The number of guanidine groups is 1. The standard InChI is InChI=1S/C19H24N4O3.HI/c1-2-20-19(21-12-16(24)17-9-6-10-26-17)22-14-11-18(25)23(13-14)15-7-4-3-5-8-15;/h3-10,14,16,24H,2,11-13H2,1H3,(H2,20,21,22);1H. The Labute approximate surface area is 175 Å². The van der Waals surface area contributed by atoms with E-state index in [4.69, 9.17) is 4.42 Å². The van der Waals surface area contributed by atoms with Gasteiger partial charge in [0.1, 0.15) is 11.9 Å². The summed E-state index contributed by atoms with van der Waals surface area (Å²) in [7, 11) is 0. The van der Waals surface area contributed by atoms with Gasteiger partial charge in [-0.05, 0) is 31.2 Å². The molecule has 2 aromatic rings. The van der Waals surface area contributed by atoms with Gasteiger partial charge in [-0.15, -0.1) is 24.0 Å². The number of anilines is 1. The third-order valence-electron chi connectivity index (χ3n) is 4.17. The van der Waals surface area contributed by atoms with E-state index < -0.39 is 6.10 Å². The molecule has 1 amide bonds. The first-order valence-electron chi connectivity index (χ1n) is 8.79. The summed E-state index contributed by atoms with van der Waals surface area (Å²) in [5, 5.41) is 16.5. The van der Waals surface area contributed by atoms with Gasteiger partial charge in [0.15, 0.2) is 5.96 Å². The number of para-hydroxylation sites is 1. The maximum Gasteiger partial charge on any atom is 0.229 e. The van der Waals surface area contributed by atoms with Crippen molar-refractivity contribution < 1.29 is 14.3 Å². The first-order valence-corrected chi connectivity index (χ1v) is 8.79. The molecular formula is C19H25IN4O3. The molecule has 2 unspecified atom stereocenters. The monoisotopic (exact) mass is 484 g/mol. The topological polar surface area (TPSA) is 90.1 Å². The Balaban J connectivity index is 0.00000261. The summed E-state index contributed by atoms with van der Waals surface area (Å²) in [6, 6.07) is 13.0. The smallest absolute Gasteiger partial charge is 0.229 e. The van der Waals surface area contributed by atoms with Crippen molar-refractivity contribution in [1.82, 2.24) is 10.6 Å². The molecule has 2 heterocycles. The fraction of sp³-hybridized carbons (Fsp3) is 0.368. The van der Waals surface area contributed by atoms with E-state index in [1.165, 1.54) is 6.26 Å². The zero-order valence-electron chi connectivity index (χ0n) is 15.2. The molecule has 1 fully saturated rings. The van der Waals surface area contributed by atoms with E-state index in [2.05, 4.69) is 15.6 Å². The number of aliphatic hydroxyl groups excluding tert-OH is 1. The average molecular weight is 484 g/mol. The van der Waals surface area contributed by atoms with Crippen LogP contribution in [-0.4, -0.2) is 42.6 Å². The van der Waals surface area contributed by atoms with Gasteiger partial charge in [-0.25, -0.2) is 0 Å². The van der Waals surface area contributed by atoms with Crippen molar-refractivity contribution in [2.75, 3.05) is 24.5 Å². The molecule has 1 aliphatic rings. The van der Waals surface area contributed by atoms with Gasteiger partial charge in [0.25, 0.3) is 0 Å². The van der Waals surface area contributed by atoms with E-state index in [1.807, 2.05) is 37.3 Å². The van der Waals surface area contributed by atoms with Crippen molar-refractivity contribution in [3.8, 4) is 0 Å². The van der Waals surface area contributed by atoms with Crippen LogP contribution in [0.15, 0.2) is 58.1 Å². The molecule has 8 heteroatoms. The fourth-order valence-corrected chi connectivity index (χ4v) is 2.92. The summed E-state index contributed by atoms with van der Waals surface area (Å²) >= 11 is 0. The number of rotatable bonds is 6. The lowest BCUT2D eigenvalue weighted by atomic mass is 10.2. The Kier molecular flexibility index (Phi) is 8.11. The van der Waals surface area contributed by atoms with Gasteiger partial charge < -0.3 is 25.1 Å². The molecule has 0 aliphatic carbocycles. The molecular weight excluding hydrogens is 459 g/mol. The number of aliphatic hydroxyl groups is 1.